The molecule has 0 N–H and O–H groups in total. The average Bonchev–Trinajstić information content (AvgIpc) is 2.70. The molecule has 0 saturated carbocycles. The molecule has 0 radical (unpaired) electrons. The molecule has 0 saturated heterocycles. The number of ether oxygens (including phenoxy) is 2. The standard InChI is InChI=1S/C22H22O4/c1-22(20(23)25-2,21(24)26-3)16-19(18-12-8-5-9-13-18)15-14-17-10-6-4-7-11-17/h4-14H,16H2,1-3H3. The molecule has 0 aliphatic carbocycles. The molecule has 0 atom stereocenters. The summed E-state index contributed by atoms with van der Waals surface area (Å²) in [5, 5.41) is 0. The lowest BCUT2D eigenvalue weighted by atomic mass is 9.81. The van der Waals surface area contributed by atoms with Crippen molar-refractivity contribution in [2.24, 2.45) is 5.41 Å². The van der Waals surface area contributed by atoms with Crippen LogP contribution in [-0.2, 0) is 19.1 Å². The maximum Gasteiger partial charge on any atom is 0.323 e. The van der Waals surface area contributed by atoms with E-state index in [0.29, 0.717) is 5.57 Å². The summed E-state index contributed by atoms with van der Waals surface area (Å²) < 4.78 is 9.69. The molecule has 26 heavy (non-hydrogen) atoms. The predicted molar refractivity (Wildman–Crippen MR) is 101 cm³/mol. The highest BCUT2D eigenvalue weighted by molar-refractivity contribution is 6.01. The summed E-state index contributed by atoms with van der Waals surface area (Å²) in [6.07, 6.45) is 1.94. The molecular weight excluding hydrogens is 328 g/mol. The number of methoxy groups -OCH3 is 2. The van der Waals surface area contributed by atoms with Gasteiger partial charge in [0.2, 0.25) is 0 Å². The van der Waals surface area contributed by atoms with Crippen LogP contribution in [0.15, 0.2) is 66.4 Å². The van der Waals surface area contributed by atoms with Gasteiger partial charge in [0.1, 0.15) is 0 Å². The van der Waals surface area contributed by atoms with E-state index >= 15 is 0 Å². The first-order valence-electron chi connectivity index (χ1n) is 8.24. The van der Waals surface area contributed by atoms with E-state index in [1.807, 2.05) is 66.7 Å². The van der Waals surface area contributed by atoms with Gasteiger partial charge in [-0.3, -0.25) is 9.59 Å². The second-order valence-corrected chi connectivity index (χ2v) is 6.04. The van der Waals surface area contributed by atoms with Gasteiger partial charge >= 0.3 is 11.9 Å². The third-order valence-corrected chi connectivity index (χ3v) is 4.14. The van der Waals surface area contributed by atoms with Crippen LogP contribution in [0.1, 0.15) is 24.5 Å². The topological polar surface area (TPSA) is 52.6 Å². The molecule has 0 spiro atoms. The summed E-state index contributed by atoms with van der Waals surface area (Å²) in [5.41, 5.74) is 4.35. The predicted octanol–water partition coefficient (Wildman–Crippen LogP) is 4.12. The van der Waals surface area contributed by atoms with E-state index in [1.54, 1.807) is 0 Å². The molecule has 0 heterocycles. The molecule has 0 amide bonds. The SMILES string of the molecule is COC(=O)C(C)(CC(=C=Cc1ccccc1)c1ccccc1)C(=O)OC. The van der Waals surface area contributed by atoms with Gasteiger partial charge in [0.25, 0.3) is 0 Å². The first-order chi connectivity index (χ1) is 12.5. The molecule has 0 fully saturated rings. The minimum atomic E-state index is -1.45. The van der Waals surface area contributed by atoms with Gasteiger partial charge < -0.3 is 9.47 Å². The Hall–Kier alpha value is -3.10. The summed E-state index contributed by atoms with van der Waals surface area (Å²) in [4.78, 5) is 24.6. The number of rotatable bonds is 6. The lowest BCUT2D eigenvalue weighted by molar-refractivity contribution is -0.167. The first-order valence-corrected chi connectivity index (χ1v) is 8.24. The summed E-state index contributed by atoms with van der Waals surface area (Å²) >= 11 is 0. The zero-order valence-corrected chi connectivity index (χ0v) is 15.2. The van der Waals surface area contributed by atoms with E-state index in [2.05, 4.69) is 5.73 Å². The fraction of sp³-hybridized carbons (Fsp3) is 0.227. The summed E-state index contributed by atoms with van der Waals surface area (Å²) in [6.45, 7) is 1.53. The zero-order valence-electron chi connectivity index (χ0n) is 15.2. The Bertz CT molecular complexity index is 800. The Kier molecular flexibility index (Phi) is 6.54. The molecule has 0 aromatic heterocycles. The second-order valence-electron chi connectivity index (χ2n) is 6.04. The lowest BCUT2D eigenvalue weighted by Gasteiger charge is -2.24. The highest BCUT2D eigenvalue weighted by Crippen LogP contribution is 2.33. The smallest absolute Gasteiger partial charge is 0.323 e. The third-order valence-electron chi connectivity index (χ3n) is 4.14. The second kappa shape index (κ2) is 8.84. The Morgan fingerprint density at radius 2 is 1.42 bits per heavy atom. The van der Waals surface area contributed by atoms with Crippen molar-refractivity contribution in [2.75, 3.05) is 14.2 Å². The van der Waals surface area contributed by atoms with Crippen LogP contribution in [0.25, 0.3) is 11.6 Å². The van der Waals surface area contributed by atoms with Crippen LogP contribution >= 0.6 is 0 Å². The van der Waals surface area contributed by atoms with Crippen molar-refractivity contribution >= 4 is 23.6 Å². The van der Waals surface area contributed by atoms with Crippen LogP contribution in [0.3, 0.4) is 0 Å². The molecule has 134 valence electrons. The fourth-order valence-electron chi connectivity index (χ4n) is 2.63. The normalized spacial score (nSPS) is 10.4. The van der Waals surface area contributed by atoms with Gasteiger partial charge in [0, 0.05) is 12.0 Å². The van der Waals surface area contributed by atoms with Gasteiger partial charge in [-0.25, -0.2) is 0 Å². The van der Waals surface area contributed by atoms with Gasteiger partial charge in [-0.15, -0.1) is 5.73 Å². The van der Waals surface area contributed by atoms with E-state index in [4.69, 9.17) is 9.47 Å². The number of esters is 2. The molecule has 0 aliphatic rings. The quantitative estimate of drug-likeness (QED) is 0.447. The fourth-order valence-corrected chi connectivity index (χ4v) is 2.63. The van der Waals surface area contributed by atoms with Gasteiger partial charge in [0.15, 0.2) is 5.41 Å². The van der Waals surface area contributed by atoms with Gasteiger partial charge in [-0.1, -0.05) is 60.7 Å². The highest BCUT2D eigenvalue weighted by Gasteiger charge is 2.44. The monoisotopic (exact) mass is 350 g/mol. The Morgan fingerprint density at radius 1 is 0.923 bits per heavy atom. The van der Waals surface area contributed by atoms with Crippen molar-refractivity contribution in [3.8, 4) is 0 Å². The van der Waals surface area contributed by atoms with Crippen molar-refractivity contribution in [1.82, 2.24) is 0 Å². The molecule has 2 aromatic carbocycles. The number of hydrogen-bond acceptors (Lipinski definition) is 4. The Labute approximate surface area is 153 Å². The number of allylic oxidation sites excluding steroid dienone is 1. The van der Waals surface area contributed by atoms with Crippen LogP contribution in [0.2, 0.25) is 0 Å². The summed E-state index contributed by atoms with van der Waals surface area (Å²) in [7, 11) is 2.52. The van der Waals surface area contributed by atoms with E-state index in [0.717, 1.165) is 11.1 Å². The van der Waals surface area contributed by atoms with E-state index in [9.17, 15) is 9.59 Å². The van der Waals surface area contributed by atoms with Crippen molar-refractivity contribution < 1.29 is 19.1 Å². The molecule has 4 heteroatoms. The van der Waals surface area contributed by atoms with Gasteiger partial charge in [0.05, 0.1) is 14.2 Å². The first kappa shape index (κ1) is 19.2. The Balaban J connectivity index is 2.52. The van der Waals surface area contributed by atoms with E-state index in [-0.39, 0.29) is 6.42 Å². The maximum absolute atomic E-state index is 12.3. The minimum Gasteiger partial charge on any atom is -0.468 e. The van der Waals surface area contributed by atoms with Gasteiger partial charge in [-0.05, 0) is 24.1 Å². The average molecular weight is 350 g/mol. The third kappa shape index (κ3) is 4.50. The van der Waals surface area contributed by atoms with E-state index in [1.165, 1.54) is 21.1 Å². The van der Waals surface area contributed by atoms with Gasteiger partial charge in [-0.2, -0.15) is 0 Å². The summed E-state index contributed by atoms with van der Waals surface area (Å²) in [5.74, 6) is -1.28. The largest absolute Gasteiger partial charge is 0.468 e. The van der Waals surface area contributed by atoms with Crippen molar-refractivity contribution in [2.45, 2.75) is 13.3 Å². The van der Waals surface area contributed by atoms with Crippen LogP contribution in [-0.4, -0.2) is 26.2 Å². The minimum absolute atomic E-state index is 0.111. The molecule has 4 nitrogen and oxygen atoms in total. The number of carbonyl (C=O) groups excluding carboxylic acids is 2. The van der Waals surface area contributed by atoms with Crippen LogP contribution in [0.4, 0.5) is 0 Å². The molecule has 2 rings (SSSR count). The van der Waals surface area contributed by atoms with Crippen LogP contribution in [0, 0.1) is 5.41 Å². The van der Waals surface area contributed by atoms with Crippen LogP contribution in [0.5, 0.6) is 0 Å². The van der Waals surface area contributed by atoms with Crippen molar-refractivity contribution in [1.29, 1.82) is 0 Å². The molecular formula is C22H22O4. The maximum atomic E-state index is 12.3. The molecule has 0 aliphatic heterocycles. The lowest BCUT2D eigenvalue weighted by Crippen LogP contribution is -2.38. The number of carbonyl (C=O) groups is 2. The van der Waals surface area contributed by atoms with Crippen LogP contribution < -0.4 is 0 Å². The van der Waals surface area contributed by atoms with Crippen molar-refractivity contribution in [3.63, 3.8) is 0 Å². The molecule has 0 bridgehead atoms. The molecule has 0 unspecified atom stereocenters. The highest BCUT2D eigenvalue weighted by atomic mass is 16.5. The van der Waals surface area contributed by atoms with Crippen molar-refractivity contribution in [3.05, 3.63) is 77.5 Å². The zero-order chi connectivity index (χ0) is 19.0. The molecule has 2 aromatic rings. The number of hydrogen-bond donors (Lipinski definition) is 0. The number of benzene rings is 2. The van der Waals surface area contributed by atoms with E-state index < -0.39 is 17.4 Å². The Morgan fingerprint density at radius 3 is 1.92 bits per heavy atom. The summed E-state index contributed by atoms with van der Waals surface area (Å²) in [6, 6.07) is 19.2.